The summed E-state index contributed by atoms with van der Waals surface area (Å²) in [5, 5.41) is 0. The van der Waals surface area contributed by atoms with Crippen LogP contribution in [0.25, 0.3) is 0 Å². The van der Waals surface area contributed by atoms with Crippen LogP contribution in [-0.2, 0) is 10.9 Å². The number of aryl methyl sites for hydroxylation is 1. The molecule has 0 aliphatic rings. The zero-order valence-corrected chi connectivity index (χ0v) is 17.0. The van der Waals surface area contributed by atoms with Crippen LogP contribution in [0.5, 0.6) is 11.5 Å². The van der Waals surface area contributed by atoms with E-state index in [0.717, 1.165) is 40.5 Å². The van der Waals surface area contributed by atoms with Gasteiger partial charge in [-0.1, -0.05) is 0 Å². The highest BCUT2D eigenvalue weighted by atomic mass is 32.2. The van der Waals surface area contributed by atoms with Crippen molar-refractivity contribution in [3.63, 3.8) is 0 Å². The Hall–Kier alpha value is -1.86. The first-order valence-corrected chi connectivity index (χ1v) is 9.88. The number of alkyl halides is 3. The maximum Gasteiger partial charge on any atom is 0.416 e. The summed E-state index contributed by atoms with van der Waals surface area (Å²) >= 11 is 1.71. The van der Waals surface area contributed by atoms with Crippen LogP contribution in [0.1, 0.15) is 17.5 Å². The maximum atomic E-state index is 12.6. The lowest BCUT2D eigenvalue weighted by Gasteiger charge is -2.18. The molecule has 0 bridgehead atoms. The highest BCUT2D eigenvalue weighted by Crippen LogP contribution is 2.31. The van der Waals surface area contributed by atoms with Crippen molar-refractivity contribution in [2.24, 2.45) is 5.92 Å². The molecule has 0 spiro atoms. The smallest absolute Gasteiger partial charge is 0.416 e. The molecule has 0 aromatic heterocycles. The van der Waals surface area contributed by atoms with Gasteiger partial charge >= 0.3 is 6.18 Å². The van der Waals surface area contributed by atoms with Gasteiger partial charge in [-0.25, -0.2) is 0 Å². The number of ether oxygens (including phenoxy) is 3. The second-order valence-electron chi connectivity index (χ2n) is 6.42. The summed E-state index contributed by atoms with van der Waals surface area (Å²) in [5.74, 6) is 2.30. The molecule has 0 aliphatic carbocycles. The molecule has 154 valence electrons. The molecule has 0 fully saturated rings. The Balaban J connectivity index is 1.92. The minimum absolute atomic E-state index is 0.203. The van der Waals surface area contributed by atoms with Gasteiger partial charge in [-0.2, -0.15) is 13.2 Å². The Bertz CT molecular complexity index is 733. The van der Waals surface area contributed by atoms with Crippen LogP contribution in [0.3, 0.4) is 0 Å². The van der Waals surface area contributed by atoms with Crippen LogP contribution in [0.2, 0.25) is 0 Å². The molecule has 0 saturated heterocycles. The molecule has 0 aliphatic heterocycles. The van der Waals surface area contributed by atoms with Gasteiger partial charge in [0, 0.05) is 30.3 Å². The van der Waals surface area contributed by atoms with E-state index in [1.54, 1.807) is 26.0 Å². The van der Waals surface area contributed by atoms with Gasteiger partial charge in [-0.15, -0.1) is 11.8 Å². The molecular weight excluding hydrogens is 389 g/mol. The van der Waals surface area contributed by atoms with Crippen LogP contribution in [0, 0.1) is 12.8 Å². The number of methoxy groups -OCH3 is 2. The molecule has 7 heteroatoms. The van der Waals surface area contributed by atoms with Gasteiger partial charge in [0.05, 0.1) is 19.3 Å². The number of benzene rings is 2. The third-order valence-corrected chi connectivity index (χ3v) is 5.47. The number of rotatable bonds is 10. The van der Waals surface area contributed by atoms with Crippen molar-refractivity contribution < 1.29 is 27.4 Å². The van der Waals surface area contributed by atoms with E-state index in [1.807, 2.05) is 19.1 Å². The molecule has 1 unspecified atom stereocenters. The summed E-state index contributed by atoms with van der Waals surface area (Å²) in [5.41, 5.74) is 0.392. The van der Waals surface area contributed by atoms with Gasteiger partial charge in [-0.05, 0) is 61.4 Å². The zero-order chi connectivity index (χ0) is 20.6. The SMILES string of the molecule is COCCC(COc1ccc(C(F)(F)F)cc1)CSc1ccc(OC)c(C)c1. The van der Waals surface area contributed by atoms with Crippen LogP contribution in [0.4, 0.5) is 13.2 Å². The molecule has 0 N–H and O–H groups in total. The fourth-order valence-corrected chi connectivity index (χ4v) is 3.72. The summed E-state index contributed by atoms with van der Waals surface area (Å²) in [6.45, 7) is 3.01. The minimum atomic E-state index is -4.34. The van der Waals surface area contributed by atoms with Gasteiger partial charge in [0.2, 0.25) is 0 Å². The first-order chi connectivity index (χ1) is 13.3. The van der Waals surface area contributed by atoms with Crippen molar-refractivity contribution in [2.75, 3.05) is 33.2 Å². The van der Waals surface area contributed by atoms with E-state index >= 15 is 0 Å². The Morgan fingerprint density at radius 1 is 1.04 bits per heavy atom. The van der Waals surface area contributed by atoms with E-state index in [9.17, 15) is 13.2 Å². The predicted octanol–water partition coefficient (Wildman–Crippen LogP) is 5.85. The molecular formula is C21H25F3O3S. The fraction of sp³-hybridized carbons (Fsp3) is 0.429. The molecule has 0 heterocycles. The molecule has 0 saturated carbocycles. The van der Waals surface area contributed by atoms with E-state index in [0.29, 0.717) is 19.0 Å². The van der Waals surface area contributed by atoms with Gasteiger partial charge in [-0.3, -0.25) is 0 Å². The van der Waals surface area contributed by atoms with Crippen molar-refractivity contribution in [1.29, 1.82) is 0 Å². The van der Waals surface area contributed by atoms with Crippen LogP contribution >= 0.6 is 11.8 Å². The number of hydrogen-bond donors (Lipinski definition) is 0. The van der Waals surface area contributed by atoms with Gasteiger partial charge in [0.15, 0.2) is 0 Å². The molecule has 0 radical (unpaired) electrons. The van der Waals surface area contributed by atoms with Gasteiger partial charge < -0.3 is 14.2 Å². The molecule has 28 heavy (non-hydrogen) atoms. The second-order valence-corrected chi connectivity index (χ2v) is 7.52. The topological polar surface area (TPSA) is 27.7 Å². The second kappa shape index (κ2) is 10.6. The molecule has 2 rings (SSSR count). The Morgan fingerprint density at radius 2 is 1.75 bits per heavy atom. The van der Waals surface area contributed by atoms with Crippen LogP contribution < -0.4 is 9.47 Å². The van der Waals surface area contributed by atoms with Gasteiger partial charge in [0.1, 0.15) is 11.5 Å². The number of halogens is 3. The lowest BCUT2D eigenvalue weighted by molar-refractivity contribution is -0.137. The molecule has 2 aromatic rings. The first-order valence-electron chi connectivity index (χ1n) is 8.90. The van der Waals surface area contributed by atoms with E-state index < -0.39 is 11.7 Å². The monoisotopic (exact) mass is 414 g/mol. The van der Waals surface area contributed by atoms with E-state index in [2.05, 4.69) is 6.07 Å². The van der Waals surface area contributed by atoms with Crippen molar-refractivity contribution in [3.05, 3.63) is 53.6 Å². The average molecular weight is 414 g/mol. The normalized spacial score (nSPS) is 12.6. The molecule has 2 aromatic carbocycles. The maximum absolute atomic E-state index is 12.6. The number of hydrogen-bond acceptors (Lipinski definition) is 4. The fourth-order valence-electron chi connectivity index (χ4n) is 2.61. The standard InChI is InChI=1S/C21H25F3O3S/c1-15-12-19(8-9-20(15)26-3)28-14-16(10-11-25-2)13-27-18-6-4-17(5-7-18)21(22,23)24/h4-9,12,16H,10-11,13-14H2,1-3H3. The minimum Gasteiger partial charge on any atom is -0.496 e. The lowest BCUT2D eigenvalue weighted by atomic mass is 10.1. The lowest BCUT2D eigenvalue weighted by Crippen LogP contribution is -2.17. The third kappa shape index (κ3) is 6.95. The van der Waals surface area contributed by atoms with E-state index in [4.69, 9.17) is 14.2 Å². The van der Waals surface area contributed by atoms with Crippen molar-refractivity contribution in [2.45, 2.75) is 24.4 Å². The Kier molecular flexibility index (Phi) is 8.51. The van der Waals surface area contributed by atoms with Gasteiger partial charge in [0.25, 0.3) is 0 Å². The first kappa shape index (κ1) is 22.4. The predicted molar refractivity (Wildman–Crippen MR) is 105 cm³/mol. The molecule has 3 nitrogen and oxygen atoms in total. The highest BCUT2D eigenvalue weighted by Gasteiger charge is 2.30. The Morgan fingerprint density at radius 3 is 2.32 bits per heavy atom. The average Bonchev–Trinajstić information content (AvgIpc) is 2.67. The molecule has 0 amide bonds. The zero-order valence-electron chi connectivity index (χ0n) is 16.2. The number of thioether (sulfide) groups is 1. The summed E-state index contributed by atoms with van der Waals surface area (Å²) < 4.78 is 54.1. The summed E-state index contributed by atoms with van der Waals surface area (Å²) in [7, 11) is 3.29. The summed E-state index contributed by atoms with van der Waals surface area (Å²) in [6, 6.07) is 10.8. The largest absolute Gasteiger partial charge is 0.496 e. The third-order valence-electron chi connectivity index (χ3n) is 4.25. The molecule has 1 atom stereocenters. The Labute approximate surface area is 168 Å². The van der Waals surface area contributed by atoms with Crippen molar-refractivity contribution >= 4 is 11.8 Å². The van der Waals surface area contributed by atoms with Crippen LogP contribution in [-0.4, -0.2) is 33.2 Å². The van der Waals surface area contributed by atoms with E-state index in [1.165, 1.54) is 12.1 Å². The summed E-state index contributed by atoms with van der Waals surface area (Å²) in [4.78, 5) is 1.13. The highest BCUT2D eigenvalue weighted by molar-refractivity contribution is 7.99. The van der Waals surface area contributed by atoms with Crippen molar-refractivity contribution in [1.82, 2.24) is 0 Å². The summed E-state index contributed by atoms with van der Waals surface area (Å²) in [6.07, 6.45) is -3.54. The van der Waals surface area contributed by atoms with E-state index in [-0.39, 0.29) is 5.92 Å². The van der Waals surface area contributed by atoms with Crippen LogP contribution in [0.15, 0.2) is 47.4 Å². The quantitative estimate of drug-likeness (QED) is 0.456. The van der Waals surface area contributed by atoms with Crippen molar-refractivity contribution in [3.8, 4) is 11.5 Å².